The fourth-order valence-corrected chi connectivity index (χ4v) is 5.28. The van der Waals surface area contributed by atoms with Crippen molar-refractivity contribution in [1.82, 2.24) is 4.98 Å². The van der Waals surface area contributed by atoms with E-state index in [0.29, 0.717) is 29.0 Å². The molecule has 1 heterocycles. The number of fused-ring (bicyclic) bond motifs is 1. The predicted molar refractivity (Wildman–Crippen MR) is 132 cm³/mol. The Hall–Kier alpha value is -3.24. The Kier molecular flexibility index (Phi) is 6.99. The number of aromatic nitrogens is 1. The van der Waals surface area contributed by atoms with Crippen LogP contribution in [0.2, 0.25) is 0 Å². The minimum atomic E-state index is -3.84. The monoisotopic (exact) mass is 485 g/mol. The first-order chi connectivity index (χ1) is 16.2. The van der Waals surface area contributed by atoms with E-state index in [1.807, 2.05) is 13.0 Å². The van der Waals surface area contributed by atoms with Crippen molar-refractivity contribution in [2.75, 3.05) is 10.0 Å². The lowest BCUT2D eigenvalue weighted by atomic mass is 9.73. The Bertz CT molecular complexity index is 1290. The Labute approximate surface area is 198 Å². The van der Waals surface area contributed by atoms with Crippen LogP contribution in [0.1, 0.15) is 44.1 Å². The van der Waals surface area contributed by atoms with Crippen LogP contribution in [-0.4, -0.2) is 24.4 Å². The molecule has 4 rings (SSSR count). The summed E-state index contributed by atoms with van der Waals surface area (Å²) in [6.07, 6.45) is 5.59. The molecule has 0 spiro atoms. The van der Waals surface area contributed by atoms with Crippen LogP contribution < -0.4 is 15.2 Å². The lowest BCUT2D eigenvalue weighted by Gasteiger charge is -2.33. The Morgan fingerprint density at radius 2 is 1.79 bits per heavy atom. The van der Waals surface area contributed by atoms with E-state index in [0.717, 1.165) is 42.1 Å². The minimum Gasteiger partial charge on any atom is -0.409 e. The second-order valence-corrected chi connectivity index (χ2v) is 10.1. The summed E-state index contributed by atoms with van der Waals surface area (Å²) in [6.45, 7) is 2.03. The fourth-order valence-electron chi connectivity index (χ4n) is 4.81. The maximum Gasteiger partial charge on any atom is 0.296 e. The van der Waals surface area contributed by atoms with Gasteiger partial charge in [-0.25, -0.2) is 9.53 Å². The summed E-state index contributed by atoms with van der Waals surface area (Å²) in [4.78, 5) is 4.36. The van der Waals surface area contributed by atoms with Crippen molar-refractivity contribution in [3.63, 3.8) is 0 Å². The number of hydrogen-bond acceptors (Lipinski definition) is 5. The van der Waals surface area contributed by atoms with Crippen LogP contribution in [0.5, 0.6) is 0 Å². The number of benzene rings is 2. The van der Waals surface area contributed by atoms with Crippen molar-refractivity contribution in [3.8, 4) is 0 Å². The quantitative estimate of drug-likeness (QED) is 0.172. The van der Waals surface area contributed by atoms with E-state index in [4.69, 9.17) is 5.14 Å². The molecule has 8 nitrogen and oxygen atoms in total. The van der Waals surface area contributed by atoms with E-state index in [9.17, 15) is 18.0 Å². The molecular formula is C24H28FN5O3S. The standard InChI is InChI=1S/C24H28FN5O3S/c1-15(24(29-31)28-19-7-9-20(10-8-19)30-34(26,32)33)16-2-4-17(5-3-16)21-12-13-27-23-11-6-18(25)14-22(21)23/h6-17,30-31H,2-5H2,1H3,(H,28,29)(H2,26,32,33)/t15-,16-,17+/m1/s1. The van der Waals surface area contributed by atoms with Crippen molar-refractivity contribution in [2.24, 2.45) is 22.1 Å². The molecule has 0 unspecified atom stereocenters. The fraction of sp³-hybridized carbons (Fsp3) is 0.333. The summed E-state index contributed by atoms with van der Waals surface area (Å²) in [6, 6.07) is 13.2. The van der Waals surface area contributed by atoms with E-state index in [1.54, 1.807) is 42.6 Å². The zero-order valence-corrected chi connectivity index (χ0v) is 19.6. The molecule has 1 aliphatic rings. The molecule has 5 N–H and O–H groups in total. The summed E-state index contributed by atoms with van der Waals surface area (Å²) < 4.78 is 38.3. The van der Waals surface area contributed by atoms with E-state index in [1.165, 1.54) is 6.07 Å². The average Bonchev–Trinajstić information content (AvgIpc) is 2.82. The van der Waals surface area contributed by atoms with Crippen LogP contribution in [0.4, 0.5) is 15.8 Å². The predicted octanol–water partition coefficient (Wildman–Crippen LogP) is 4.80. The van der Waals surface area contributed by atoms with Crippen molar-refractivity contribution in [2.45, 2.75) is 38.5 Å². The number of rotatable bonds is 6. The highest BCUT2D eigenvalue weighted by Gasteiger charge is 2.30. The third-order valence-electron chi connectivity index (χ3n) is 6.61. The summed E-state index contributed by atoms with van der Waals surface area (Å²) in [5.74, 6) is 0.833. The number of hydrogen-bond donors (Lipinski definition) is 4. The molecule has 34 heavy (non-hydrogen) atoms. The highest BCUT2D eigenvalue weighted by Crippen LogP contribution is 2.41. The molecule has 1 atom stereocenters. The molecule has 0 radical (unpaired) electrons. The summed E-state index contributed by atoms with van der Waals surface area (Å²) >= 11 is 0. The molecule has 1 fully saturated rings. The number of amidine groups is 1. The maximum absolute atomic E-state index is 13.8. The number of anilines is 2. The van der Waals surface area contributed by atoms with Crippen molar-refractivity contribution >= 4 is 38.3 Å². The molecule has 0 bridgehead atoms. The molecular weight excluding hydrogens is 457 g/mol. The molecule has 180 valence electrons. The van der Waals surface area contributed by atoms with Gasteiger partial charge in [0.15, 0.2) is 0 Å². The molecule has 2 aromatic carbocycles. The Morgan fingerprint density at radius 3 is 2.44 bits per heavy atom. The van der Waals surface area contributed by atoms with Crippen molar-refractivity contribution in [3.05, 3.63) is 66.1 Å². The number of nitrogens with zero attached hydrogens (tertiary/aromatic N) is 2. The second kappa shape index (κ2) is 9.94. The first-order valence-electron chi connectivity index (χ1n) is 11.2. The van der Waals surface area contributed by atoms with Gasteiger partial charge < -0.3 is 10.5 Å². The van der Waals surface area contributed by atoms with Gasteiger partial charge in [0.25, 0.3) is 10.2 Å². The largest absolute Gasteiger partial charge is 0.409 e. The van der Waals surface area contributed by atoms with Crippen LogP contribution in [0.3, 0.4) is 0 Å². The minimum absolute atomic E-state index is 0.0141. The van der Waals surface area contributed by atoms with E-state index in [-0.39, 0.29) is 11.7 Å². The summed E-state index contributed by atoms with van der Waals surface area (Å²) in [7, 11) is -3.84. The topological polar surface area (TPSA) is 130 Å². The first kappa shape index (κ1) is 23.9. The third-order valence-corrected chi connectivity index (χ3v) is 7.13. The lowest BCUT2D eigenvalue weighted by Crippen LogP contribution is -2.30. The smallest absolute Gasteiger partial charge is 0.296 e. The number of pyridine rings is 1. The van der Waals surface area contributed by atoms with Gasteiger partial charge in [0.05, 0.1) is 5.52 Å². The van der Waals surface area contributed by atoms with Crippen LogP contribution in [0.25, 0.3) is 10.9 Å². The molecule has 10 heteroatoms. The highest BCUT2D eigenvalue weighted by atomic mass is 32.2. The normalized spacial score (nSPS) is 20.1. The van der Waals surface area contributed by atoms with Gasteiger partial charge in [0.1, 0.15) is 11.7 Å². The Balaban J connectivity index is 1.40. The average molecular weight is 486 g/mol. The van der Waals surface area contributed by atoms with E-state index in [2.05, 4.69) is 20.2 Å². The summed E-state index contributed by atoms with van der Waals surface area (Å²) in [5, 5.41) is 22.1. The molecule has 1 saturated carbocycles. The van der Waals surface area contributed by atoms with Crippen LogP contribution in [0, 0.1) is 17.7 Å². The highest BCUT2D eigenvalue weighted by molar-refractivity contribution is 7.90. The van der Waals surface area contributed by atoms with Gasteiger partial charge in [-0.2, -0.15) is 8.42 Å². The Morgan fingerprint density at radius 1 is 1.12 bits per heavy atom. The van der Waals surface area contributed by atoms with Crippen molar-refractivity contribution < 1.29 is 18.0 Å². The van der Waals surface area contributed by atoms with Crippen LogP contribution >= 0.6 is 0 Å². The first-order valence-corrected chi connectivity index (χ1v) is 12.7. The maximum atomic E-state index is 13.8. The number of nitrogens with one attached hydrogen (secondary N) is 2. The number of nitrogens with two attached hydrogens (primary N) is 1. The van der Waals surface area contributed by atoms with Gasteiger partial charge in [0.2, 0.25) is 0 Å². The lowest BCUT2D eigenvalue weighted by molar-refractivity contribution is 0.273. The number of oxime groups is 1. The molecule has 0 saturated heterocycles. The van der Waals surface area contributed by atoms with Gasteiger partial charge in [0, 0.05) is 28.9 Å². The van der Waals surface area contributed by atoms with E-state index >= 15 is 0 Å². The molecule has 0 aliphatic heterocycles. The zero-order valence-electron chi connectivity index (χ0n) is 18.8. The van der Waals surface area contributed by atoms with E-state index < -0.39 is 10.2 Å². The number of halogens is 1. The molecule has 3 aromatic rings. The van der Waals surface area contributed by atoms with Crippen LogP contribution in [0.15, 0.2) is 59.9 Å². The summed E-state index contributed by atoms with van der Waals surface area (Å²) in [5.41, 5.74) is 2.94. The van der Waals surface area contributed by atoms with Gasteiger partial charge in [-0.1, -0.05) is 12.1 Å². The molecule has 1 aliphatic carbocycles. The zero-order chi connectivity index (χ0) is 24.3. The second-order valence-electron chi connectivity index (χ2n) is 8.80. The van der Waals surface area contributed by atoms with Gasteiger partial charge in [-0.15, -0.1) is 0 Å². The van der Waals surface area contributed by atoms with Crippen molar-refractivity contribution in [1.29, 1.82) is 0 Å². The molecule has 1 aromatic heterocycles. The molecule has 0 amide bonds. The van der Waals surface area contributed by atoms with Gasteiger partial charge >= 0.3 is 0 Å². The van der Waals surface area contributed by atoms with Crippen LogP contribution in [-0.2, 0) is 10.2 Å². The third kappa shape index (κ3) is 5.63. The van der Waals surface area contributed by atoms with Gasteiger partial charge in [-0.3, -0.25) is 9.71 Å². The van der Waals surface area contributed by atoms with Gasteiger partial charge in [-0.05, 0) is 91.6 Å². The SMILES string of the molecule is C[C@@H](/C(=N/O)Nc1ccc(NS(N)(=O)=O)cc1)[C@H]1CC[C@@H](c2ccnc3ccc(F)cc32)CC1.